The molecule has 1 fully saturated rings. The van der Waals surface area contributed by atoms with Gasteiger partial charge in [0.2, 0.25) is 5.91 Å². The number of rotatable bonds is 2. The number of amides is 1. The SMILES string of the molecule is CC(C)(C)C(N)CC(=O)N1CCCCO1. The topological polar surface area (TPSA) is 55.6 Å². The molecule has 1 saturated heterocycles. The van der Waals surface area contributed by atoms with Crippen LogP contribution in [0.5, 0.6) is 0 Å². The lowest BCUT2D eigenvalue weighted by molar-refractivity contribution is -0.197. The van der Waals surface area contributed by atoms with Crippen molar-refractivity contribution >= 4 is 5.91 Å². The molecule has 1 heterocycles. The first kappa shape index (κ1) is 12.5. The Morgan fingerprint density at radius 3 is 2.60 bits per heavy atom. The van der Waals surface area contributed by atoms with Gasteiger partial charge in [0.1, 0.15) is 0 Å². The summed E-state index contributed by atoms with van der Waals surface area (Å²) in [4.78, 5) is 17.1. The summed E-state index contributed by atoms with van der Waals surface area (Å²) < 4.78 is 0. The monoisotopic (exact) mass is 214 g/mol. The minimum Gasteiger partial charge on any atom is -0.327 e. The highest BCUT2D eigenvalue weighted by Crippen LogP contribution is 2.21. The van der Waals surface area contributed by atoms with Crippen LogP contribution in [0.2, 0.25) is 0 Å². The van der Waals surface area contributed by atoms with Gasteiger partial charge in [-0.25, -0.2) is 5.06 Å². The fourth-order valence-corrected chi connectivity index (χ4v) is 1.39. The van der Waals surface area contributed by atoms with Crippen molar-refractivity contribution in [3.8, 4) is 0 Å². The molecule has 1 aliphatic heterocycles. The molecule has 0 bridgehead atoms. The number of nitrogens with zero attached hydrogens (tertiary/aromatic N) is 1. The van der Waals surface area contributed by atoms with Crippen molar-refractivity contribution in [3.63, 3.8) is 0 Å². The molecule has 1 aliphatic rings. The van der Waals surface area contributed by atoms with Crippen LogP contribution < -0.4 is 5.73 Å². The number of carbonyl (C=O) groups excluding carboxylic acids is 1. The van der Waals surface area contributed by atoms with E-state index in [0.29, 0.717) is 19.6 Å². The summed E-state index contributed by atoms with van der Waals surface area (Å²) in [6.07, 6.45) is 2.43. The predicted molar refractivity (Wildman–Crippen MR) is 58.9 cm³/mol. The molecule has 0 saturated carbocycles. The Labute approximate surface area is 91.7 Å². The zero-order valence-corrected chi connectivity index (χ0v) is 9.95. The van der Waals surface area contributed by atoms with Gasteiger partial charge in [0.15, 0.2) is 0 Å². The van der Waals surface area contributed by atoms with Crippen molar-refractivity contribution in [1.29, 1.82) is 0 Å². The number of hydrogen-bond acceptors (Lipinski definition) is 3. The highest BCUT2D eigenvalue weighted by atomic mass is 16.7. The summed E-state index contributed by atoms with van der Waals surface area (Å²) in [6, 6.07) is -0.115. The Hall–Kier alpha value is -0.610. The van der Waals surface area contributed by atoms with Crippen molar-refractivity contribution in [1.82, 2.24) is 5.06 Å². The van der Waals surface area contributed by atoms with Crippen molar-refractivity contribution in [3.05, 3.63) is 0 Å². The lowest BCUT2D eigenvalue weighted by Gasteiger charge is -2.30. The molecule has 1 atom stereocenters. The third kappa shape index (κ3) is 3.80. The van der Waals surface area contributed by atoms with Gasteiger partial charge < -0.3 is 5.73 Å². The van der Waals surface area contributed by atoms with Gasteiger partial charge in [0, 0.05) is 19.0 Å². The highest BCUT2D eigenvalue weighted by Gasteiger charge is 2.26. The van der Waals surface area contributed by atoms with Crippen molar-refractivity contribution in [2.75, 3.05) is 13.2 Å². The Morgan fingerprint density at radius 2 is 2.13 bits per heavy atom. The van der Waals surface area contributed by atoms with Gasteiger partial charge in [-0.05, 0) is 18.3 Å². The van der Waals surface area contributed by atoms with E-state index in [9.17, 15) is 4.79 Å². The summed E-state index contributed by atoms with van der Waals surface area (Å²) >= 11 is 0. The molecule has 0 aliphatic carbocycles. The second kappa shape index (κ2) is 4.94. The second-order valence-corrected chi connectivity index (χ2v) is 5.21. The van der Waals surface area contributed by atoms with Gasteiger partial charge in [-0.2, -0.15) is 0 Å². The molecule has 2 N–H and O–H groups in total. The molecule has 0 spiro atoms. The standard InChI is InChI=1S/C11H22N2O2/c1-11(2,3)9(12)8-10(14)13-6-4-5-7-15-13/h9H,4-8,12H2,1-3H3. The zero-order valence-electron chi connectivity index (χ0n) is 9.95. The largest absolute Gasteiger partial charge is 0.327 e. The van der Waals surface area contributed by atoms with Crippen LogP contribution in [0.4, 0.5) is 0 Å². The van der Waals surface area contributed by atoms with Crippen molar-refractivity contribution < 1.29 is 9.63 Å². The third-order valence-electron chi connectivity index (χ3n) is 2.79. The molecule has 0 aromatic rings. The molecule has 0 aromatic heterocycles. The summed E-state index contributed by atoms with van der Waals surface area (Å²) in [6.45, 7) is 7.48. The maximum atomic E-state index is 11.8. The molecular formula is C11H22N2O2. The van der Waals surface area contributed by atoms with E-state index in [1.54, 1.807) is 0 Å². The molecule has 15 heavy (non-hydrogen) atoms. The van der Waals surface area contributed by atoms with E-state index in [-0.39, 0.29) is 17.4 Å². The molecule has 1 amide bonds. The summed E-state index contributed by atoms with van der Waals surface area (Å²) in [7, 11) is 0. The van der Waals surface area contributed by atoms with Gasteiger partial charge >= 0.3 is 0 Å². The van der Waals surface area contributed by atoms with E-state index < -0.39 is 0 Å². The van der Waals surface area contributed by atoms with E-state index in [0.717, 1.165) is 12.8 Å². The molecule has 88 valence electrons. The lowest BCUT2D eigenvalue weighted by Crippen LogP contribution is -2.43. The van der Waals surface area contributed by atoms with Gasteiger partial charge in [-0.15, -0.1) is 0 Å². The van der Waals surface area contributed by atoms with E-state index in [1.165, 1.54) is 5.06 Å². The zero-order chi connectivity index (χ0) is 11.5. The van der Waals surface area contributed by atoms with Gasteiger partial charge in [0.05, 0.1) is 6.61 Å². The fraction of sp³-hybridized carbons (Fsp3) is 0.909. The number of nitrogens with two attached hydrogens (primary N) is 1. The number of hydrogen-bond donors (Lipinski definition) is 1. The molecular weight excluding hydrogens is 192 g/mol. The van der Waals surface area contributed by atoms with Crippen LogP contribution >= 0.6 is 0 Å². The Kier molecular flexibility index (Phi) is 4.11. The van der Waals surface area contributed by atoms with Crippen LogP contribution in [0.25, 0.3) is 0 Å². The number of carbonyl (C=O) groups is 1. The smallest absolute Gasteiger partial charge is 0.247 e. The van der Waals surface area contributed by atoms with E-state index in [1.807, 2.05) is 20.8 Å². The predicted octanol–water partition coefficient (Wildman–Crippen LogP) is 1.30. The average Bonchev–Trinajstić information content (AvgIpc) is 2.17. The quantitative estimate of drug-likeness (QED) is 0.754. The Morgan fingerprint density at radius 1 is 1.47 bits per heavy atom. The molecule has 0 radical (unpaired) electrons. The Balaban J connectivity index is 2.40. The minimum atomic E-state index is -0.115. The second-order valence-electron chi connectivity index (χ2n) is 5.21. The van der Waals surface area contributed by atoms with Crippen LogP contribution in [-0.2, 0) is 9.63 Å². The van der Waals surface area contributed by atoms with Crippen LogP contribution in [-0.4, -0.2) is 30.2 Å². The summed E-state index contributed by atoms with van der Waals surface area (Å²) in [5.41, 5.74) is 5.92. The normalized spacial score (nSPS) is 20.1. The lowest BCUT2D eigenvalue weighted by atomic mass is 9.85. The van der Waals surface area contributed by atoms with Crippen LogP contribution in [0, 0.1) is 5.41 Å². The van der Waals surface area contributed by atoms with E-state index >= 15 is 0 Å². The number of hydroxylamine groups is 2. The molecule has 4 nitrogen and oxygen atoms in total. The molecule has 4 heteroatoms. The van der Waals surface area contributed by atoms with Crippen molar-refractivity contribution in [2.45, 2.75) is 46.1 Å². The van der Waals surface area contributed by atoms with E-state index in [2.05, 4.69) is 0 Å². The first-order valence-electron chi connectivity index (χ1n) is 5.60. The maximum absolute atomic E-state index is 11.8. The molecule has 1 rings (SSSR count). The van der Waals surface area contributed by atoms with Gasteiger partial charge in [0.25, 0.3) is 0 Å². The highest BCUT2D eigenvalue weighted by molar-refractivity contribution is 5.75. The van der Waals surface area contributed by atoms with Gasteiger partial charge in [-0.1, -0.05) is 20.8 Å². The van der Waals surface area contributed by atoms with Crippen molar-refractivity contribution in [2.24, 2.45) is 11.1 Å². The first-order chi connectivity index (χ1) is 6.91. The first-order valence-corrected chi connectivity index (χ1v) is 5.60. The minimum absolute atomic E-state index is 0.0112. The third-order valence-corrected chi connectivity index (χ3v) is 2.79. The molecule has 1 unspecified atom stereocenters. The van der Waals surface area contributed by atoms with Crippen LogP contribution in [0.15, 0.2) is 0 Å². The van der Waals surface area contributed by atoms with E-state index in [4.69, 9.17) is 10.6 Å². The Bertz CT molecular complexity index is 217. The van der Waals surface area contributed by atoms with Crippen LogP contribution in [0.1, 0.15) is 40.0 Å². The average molecular weight is 214 g/mol. The summed E-state index contributed by atoms with van der Waals surface area (Å²) in [5.74, 6) is 0.0112. The fourth-order valence-electron chi connectivity index (χ4n) is 1.39. The van der Waals surface area contributed by atoms with Gasteiger partial charge in [-0.3, -0.25) is 9.63 Å². The molecule has 0 aromatic carbocycles. The maximum Gasteiger partial charge on any atom is 0.247 e. The van der Waals surface area contributed by atoms with Crippen LogP contribution in [0.3, 0.4) is 0 Å². The summed E-state index contributed by atoms with van der Waals surface area (Å²) in [5, 5.41) is 1.47.